The lowest BCUT2D eigenvalue weighted by molar-refractivity contribution is 0.0932. The molecule has 0 radical (unpaired) electrons. The molecule has 0 amide bonds. The third kappa shape index (κ3) is 1.31. The van der Waals surface area contributed by atoms with Crippen molar-refractivity contribution in [3.8, 4) is 0 Å². The Kier molecular flexibility index (Phi) is 2.08. The van der Waals surface area contributed by atoms with Crippen LogP contribution in [0.1, 0.15) is 24.3 Å². The van der Waals surface area contributed by atoms with E-state index in [1.165, 1.54) is 0 Å². The number of carbonyl (C=O) groups is 1. The topological polar surface area (TPSA) is 43.1 Å². The molecule has 0 atom stereocenters. The van der Waals surface area contributed by atoms with Crippen LogP contribution in [0.2, 0.25) is 0 Å². The summed E-state index contributed by atoms with van der Waals surface area (Å²) in [7, 11) is 0. The highest BCUT2D eigenvalue weighted by atomic mass is 16.5. The van der Waals surface area contributed by atoms with Crippen molar-refractivity contribution in [3.63, 3.8) is 0 Å². The first-order valence-corrected chi connectivity index (χ1v) is 4.59. The van der Waals surface area contributed by atoms with E-state index in [1.807, 2.05) is 32.0 Å². The van der Waals surface area contributed by atoms with E-state index in [4.69, 9.17) is 4.52 Å². The highest BCUT2D eigenvalue weighted by Crippen LogP contribution is 2.20. The van der Waals surface area contributed by atoms with Crippen molar-refractivity contribution in [1.82, 2.24) is 5.16 Å². The van der Waals surface area contributed by atoms with E-state index in [9.17, 15) is 4.79 Å². The molecule has 1 aromatic carbocycles. The number of para-hydroxylation sites is 1. The summed E-state index contributed by atoms with van der Waals surface area (Å²) in [6.07, 6.45) is 0. The molecule has 3 heteroatoms. The van der Waals surface area contributed by atoms with Crippen LogP contribution in [0.4, 0.5) is 0 Å². The van der Waals surface area contributed by atoms with Crippen molar-refractivity contribution >= 4 is 16.8 Å². The predicted octanol–water partition coefficient (Wildman–Crippen LogP) is 2.67. The van der Waals surface area contributed by atoms with E-state index in [0.717, 1.165) is 5.39 Å². The van der Waals surface area contributed by atoms with Gasteiger partial charge >= 0.3 is 0 Å². The van der Waals surface area contributed by atoms with Crippen LogP contribution in [0.25, 0.3) is 11.0 Å². The third-order valence-corrected chi connectivity index (χ3v) is 2.14. The van der Waals surface area contributed by atoms with Gasteiger partial charge in [-0.15, -0.1) is 0 Å². The van der Waals surface area contributed by atoms with Crippen LogP contribution >= 0.6 is 0 Å². The van der Waals surface area contributed by atoms with Gasteiger partial charge in [-0.05, 0) is 12.1 Å². The van der Waals surface area contributed by atoms with Crippen LogP contribution in [-0.4, -0.2) is 10.9 Å². The lowest BCUT2D eigenvalue weighted by Crippen LogP contribution is -2.07. The van der Waals surface area contributed by atoms with Crippen LogP contribution in [0, 0.1) is 5.92 Å². The number of carbonyl (C=O) groups excluding carboxylic acids is 1. The molecule has 72 valence electrons. The van der Waals surface area contributed by atoms with Crippen molar-refractivity contribution in [2.24, 2.45) is 5.92 Å². The Bertz CT molecular complexity index is 471. The second-order valence-electron chi connectivity index (χ2n) is 3.55. The average Bonchev–Trinajstić information content (AvgIpc) is 2.60. The zero-order valence-corrected chi connectivity index (χ0v) is 8.15. The SMILES string of the molecule is CC(C)C(=O)c1noc2ccccc12. The minimum Gasteiger partial charge on any atom is -0.356 e. The molecule has 1 heterocycles. The van der Waals surface area contributed by atoms with Gasteiger partial charge in [-0.25, -0.2) is 0 Å². The zero-order chi connectivity index (χ0) is 10.1. The number of Topliss-reactive ketones (excluding diaryl/α,β-unsaturated/α-hetero) is 1. The molecular weight excluding hydrogens is 178 g/mol. The molecule has 0 saturated heterocycles. The minimum atomic E-state index is -0.0523. The van der Waals surface area contributed by atoms with Gasteiger partial charge in [-0.2, -0.15) is 0 Å². The quantitative estimate of drug-likeness (QED) is 0.682. The summed E-state index contributed by atoms with van der Waals surface area (Å²) >= 11 is 0. The summed E-state index contributed by atoms with van der Waals surface area (Å²) in [6.45, 7) is 3.71. The summed E-state index contributed by atoms with van der Waals surface area (Å²) < 4.78 is 5.05. The lowest BCUT2D eigenvalue weighted by Gasteiger charge is -1.98. The molecular formula is C11H11NO2. The van der Waals surface area contributed by atoms with E-state index in [-0.39, 0.29) is 11.7 Å². The smallest absolute Gasteiger partial charge is 0.187 e. The summed E-state index contributed by atoms with van der Waals surface area (Å²) in [6, 6.07) is 7.38. The summed E-state index contributed by atoms with van der Waals surface area (Å²) in [5, 5.41) is 4.59. The van der Waals surface area contributed by atoms with Gasteiger partial charge in [0.25, 0.3) is 0 Å². The van der Waals surface area contributed by atoms with Crippen molar-refractivity contribution in [1.29, 1.82) is 0 Å². The van der Waals surface area contributed by atoms with Gasteiger partial charge in [0.05, 0.1) is 5.39 Å². The Labute approximate surface area is 81.7 Å². The molecule has 0 aliphatic rings. The van der Waals surface area contributed by atoms with Crippen molar-refractivity contribution in [2.45, 2.75) is 13.8 Å². The molecule has 0 spiro atoms. The molecule has 1 aromatic heterocycles. The molecule has 2 rings (SSSR count). The summed E-state index contributed by atoms with van der Waals surface area (Å²) in [5.74, 6) is -0.0292. The number of hydrogen-bond donors (Lipinski definition) is 0. The van der Waals surface area contributed by atoms with E-state index in [1.54, 1.807) is 6.07 Å². The van der Waals surface area contributed by atoms with Gasteiger partial charge in [0, 0.05) is 5.92 Å². The van der Waals surface area contributed by atoms with Crippen molar-refractivity contribution < 1.29 is 9.32 Å². The highest BCUT2D eigenvalue weighted by Gasteiger charge is 2.17. The molecule has 0 saturated carbocycles. The van der Waals surface area contributed by atoms with Gasteiger partial charge in [0.1, 0.15) is 0 Å². The van der Waals surface area contributed by atoms with Gasteiger partial charge in [-0.3, -0.25) is 4.79 Å². The molecule has 0 unspecified atom stereocenters. The molecule has 0 N–H and O–H groups in total. The van der Waals surface area contributed by atoms with Crippen LogP contribution in [0.15, 0.2) is 28.8 Å². The predicted molar refractivity (Wildman–Crippen MR) is 53.2 cm³/mol. The Balaban J connectivity index is 2.58. The van der Waals surface area contributed by atoms with Crippen LogP contribution in [0.3, 0.4) is 0 Å². The van der Waals surface area contributed by atoms with Crippen LogP contribution < -0.4 is 0 Å². The number of hydrogen-bond acceptors (Lipinski definition) is 3. The zero-order valence-electron chi connectivity index (χ0n) is 8.15. The number of fused-ring (bicyclic) bond motifs is 1. The Morgan fingerprint density at radius 2 is 2.07 bits per heavy atom. The van der Waals surface area contributed by atoms with Crippen LogP contribution in [0.5, 0.6) is 0 Å². The normalized spacial score (nSPS) is 11.1. The van der Waals surface area contributed by atoms with Gasteiger partial charge < -0.3 is 4.52 Å². The maximum Gasteiger partial charge on any atom is 0.187 e. The molecule has 14 heavy (non-hydrogen) atoms. The van der Waals surface area contributed by atoms with Crippen molar-refractivity contribution in [3.05, 3.63) is 30.0 Å². The average molecular weight is 189 g/mol. The van der Waals surface area contributed by atoms with Gasteiger partial charge in [0.15, 0.2) is 17.1 Å². The first-order chi connectivity index (χ1) is 6.70. The summed E-state index contributed by atoms with van der Waals surface area (Å²) in [4.78, 5) is 11.7. The van der Waals surface area contributed by atoms with E-state index >= 15 is 0 Å². The molecule has 0 aliphatic heterocycles. The number of nitrogens with zero attached hydrogens (tertiary/aromatic N) is 1. The molecule has 3 nitrogen and oxygen atoms in total. The second-order valence-corrected chi connectivity index (χ2v) is 3.55. The molecule has 0 bridgehead atoms. The highest BCUT2D eigenvalue weighted by molar-refractivity contribution is 6.05. The summed E-state index contributed by atoms with van der Waals surface area (Å²) in [5.41, 5.74) is 1.10. The fourth-order valence-electron chi connectivity index (χ4n) is 1.34. The first kappa shape index (κ1) is 8.94. The number of rotatable bonds is 2. The van der Waals surface area contributed by atoms with E-state index in [2.05, 4.69) is 5.16 Å². The Hall–Kier alpha value is -1.64. The first-order valence-electron chi connectivity index (χ1n) is 4.59. The van der Waals surface area contributed by atoms with Gasteiger partial charge in [-0.1, -0.05) is 31.1 Å². The number of benzene rings is 1. The van der Waals surface area contributed by atoms with E-state index < -0.39 is 0 Å². The second kappa shape index (κ2) is 3.25. The lowest BCUT2D eigenvalue weighted by atomic mass is 10.0. The number of aromatic nitrogens is 1. The molecule has 0 fully saturated rings. The Morgan fingerprint density at radius 3 is 2.79 bits per heavy atom. The third-order valence-electron chi connectivity index (χ3n) is 2.14. The maximum atomic E-state index is 11.7. The molecule has 2 aromatic rings. The molecule has 0 aliphatic carbocycles. The minimum absolute atomic E-state index is 0.0231. The fourth-order valence-corrected chi connectivity index (χ4v) is 1.34. The largest absolute Gasteiger partial charge is 0.356 e. The Morgan fingerprint density at radius 1 is 1.36 bits per heavy atom. The standard InChI is InChI=1S/C11H11NO2/c1-7(2)11(13)10-8-5-3-4-6-9(8)14-12-10/h3-7H,1-2H3. The maximum absolute atomic E-state index is 11.7. The monoisotopic (exact) mass is 189 g/mol. The van der Waals surface area contributed by atoms with Crippen LogP contribution in [-0.2, 0) is 0 Å². The van der Waals surface area contributed by atoms with Crippen molar-refractivity contribution in [2.75, 3.05) is 0 Å². The number of ketones is 1. The fraction of sp³-hybridized carbons (Fsp3) is 0.273. The van der Waals surface area contributed by atoms with E-state index in [0.29, 0.717) is 11.3 Å². The van der Waals surface area contributed by atoms with Gasteiger partial charge in [0.2, 0.25) is 0 Å².